The zero-order valence-corrected chi connectivity index (χ0v) is 69.7. The number of aryl methyl sites for hydroxylation is 2. The van der Waals surface area contributed by atoms with Gasteiger partial charge in [-0.15, -0.1) is 0 Å². The van der Waals surface area contributed by atoms with Crippen molar-refractivity contribution in [3.8, 4) is 17.8 Å². The monoisotopic (exact) mass is 1790 g/mol. The van der Waals surface area contributed by atoms with Crippen LogP contribution in [0, 0.1) is 33.0 Å². The topological polar surface area (TPSA) is 351 Å². The molecule has 8 aromatic heterocycles. The minimum atomic E-state index is -4.70. The van der Waals surface area contributed by atoms with Crippen molar-refractivity contribution < 1.29 is 109 Å². The number of rotatable bonds is 29. The molecule has 4 saturated carbocycles. The van der Waals surface area contributed by atoms with Crippen molar-refractivity contribution in [2.24, 2.45) is 21.7 Å². The van der Waals surface area contributed by atoms with E-state index in [1.54, 1.807) is 65.1 Å². The molecule has 8 aromatic rings. The van der Waals surface area contributed by atoms with E-state index < -0.39 is 126 Å². The number of ether oxygens (including phenoxy) is 3. The van der Waals surface area contributed by atoms with Crippen LogP contribution >= 0.6 is 0 Å². The largest absolute Gasteiger partial charge is 0.477 e. The van der Waals surface area contributed by atoms with Gasteiger partial charge in [0.05, 0.1) is 62.4 Å². The fraction of sp³-hybridized carbons (Fsp3) is 0.543. The lowest BCUT2D eigenvalue weighted by molar-refractivity contribution is -0.140. The quantitative estimate of drug-likeness (QED) is 0.0195. The van der Waals surface area contributed by atoms with Gasteiger partial charge in [0.15, 0.2) is 0 Å². The summed E-state index contributed by atoms with van der Waals surface area (Å²) in [5, 5.41) is 59.2. The second kappa shape index (κ2) is 39.0. The highest BCUT2D eigenvalue weighted by Gasteiger charge is 2.53. The molecule has 4 aliphatic carbocycles. The second-order valence-corrected chi connectivity index (χ2v) is 33.1. The number of hydrogen-bond acceptors (Lipinski definition) is 26. The van der Waals surface area contributed by atoms with Crippen LogP contribution in [0.2, 0.25) is 0 Å². The maximum Gasteiger partial charge on any atom is 0.421 e. The fourth-order valence-corrected chi connectivity index (χ4v) is 13.6. The molecule has 4 fully saturated rings. The zero-order valence-electron chi connectivity index (χ0n) is 69.7. The van der Waals surface area contributed by atoms with E-state index in [-0.39, 0.29) is 138 Å². The molecular formula is C81H96F18N20O6. The predicted molar refractivity (Wildman–Crippen MR) is 422 cm³/mol. The zero-order chi connectivity index (χ0) is 92.4. The van der Waals surface area contributed by atoms with Crippen molar-refractivity contribution in [3.05, 3.63) is 160 Å². The van der Waals surface area contributed by atoms with Gasteiger partial charge in [0, 0.05) is 152 Å². The number of anilines is 7. The molecule has 0 amide bonds. The lowest BCUT2D eigenvalue weighted by atomic mass is 9.64. The van der Waals surface area contributed by atoms with E-state index >= 15 is 0 Å². The van der Waals surface area contributed by atoms with Crippen LogP contribution in [-0.4, -0.2) is 156 Å². The summed E-state index contributed by atoms with van der Waals surface area (Å²) < 4.78 is 253. The Hall–Kier alpha value is -10.8. The van der Waals surface area contributed by atoms with Gasteiger partial charge in [0.25, 0.3) is 5.92 Å². The molecule has 8 atom stereocenters. The summed E-state index contributed by atoms with van der Waals surface area (Å²) in [6.45, 7) is 17.3. The molecule has 2 unspecified atom stereocenters. The molecule has 0 aliphatic heterocycles. The van der Waals surface area contributed by atoms with Gasteiger partial charge >= 0.3 is 30.9 Å². The molecule has 0 spiro atoms. The summed E-state index contributed by atoms with van der Waals surface area (Å²) >= 11 is 0. The highest BCUT2D eigenvalue weighted by molar-refractivity contribution is 5.56. The van der Waals surface area contributed by atoms with Gasteiger partial charge in [0.2, 0.25) is 29.6 Å². The van der Waals surface area contributed by atoms with E-state index in [9.17, 15) is 99.6 Å². The standard InChI is InChI=1S/C21H25F5N4O.C20H23F6N5O2.C20H25F4N5O.C20H23F3N6O2/c1-19(2)15(9-16(19)31-4)29-18-14(21(24,25)26)11-28-17(30-18)6-5-12-10-27-8-7-13(12)20(3,22)23;1-18(2)13(8-14(18)32)30-15-12(20(24,25)26)10-29-17(31-15)28-9-11-4-3-6-27-16(11)33-7-5-19(21,22)23;1-18(2)13(8-14(18)30)28-16-12(20(22,23)24)10-27-17(29-16)26-9-11-6-5-7-25-15(11)19(3,4)21;1-19(2)14(8-15(19)30)28-16-13(9-24)11-27-18(29-16)26-10-12-4-3-6-25-17(12)31-7-5-20(21,22)23/h7-8,10-11,15-16H,5-6,9H2,1-4H3,(H,28,29,30);3-4,6,10,13-14,32H,5,7-9H2,1-2H3,(H2,28,29,30,31);5-7,10,13-14,30H,8-9H2,1-4H3,(H2,26,27,28,29);3-4,6,11,14-15,30H,5,7-8,10H2,1-2H3,(H2,26,27,28,29)/t;2*13-,14+;14-,15+/m.111/s1. The third-order valence-electron chi connectivity index (χ3n) is 22.3. The van der Waals surface area contributed by atoms with E-state index in [1.807, 2.05) is 33.8 Å². The van der Waals surface area contributed by atoms with Crippen molar-refractivity contribution in [2.45, 2.75) is 238 Å². The molecule has 4 aliphatic rings. The van der Waals surface area contributed by atoms with Crippen LogP contribution in [0.25, 0.3) is 0 Å². The highest BCUT2D eigenvalue weighted by atomic mass is 19.4. The number of aliphatic hydroxyl groups excluding tert-OH is 3. The number of alkyl halides is 18. The first-order valence-corrected chi connectivity index (χ1v) is 39.2. The van der Waals surface area contributed by atoms with Gasteiger partial charge in [-0.3, -0.25) is 9.97 Å². The number of aromatic nitrogens is 12. The van der Waals surface area contributed by atoms with E-state index in [1.165, 1.54) is 63.2 Å². The number of aliphatic hydroxyl groups is 3. The molecule has 0 bridgehead atoms. The number of methoxy groups -OCH3 is 1. The first-order chi connectivity index (χ1) is 58.0. The van der Waals surface area contributed by atoms with Gasteiger partial charge in [0.1, 0.15) is 63.1 Å². The molecule has 0 aromatic carbocycles. The van der Waals surface area contributed by atoms with Gasteiger partial charge in [-0.1, -0.05) is 73.6 Å². The smallest absolute Gasteiger partial charge is 0.421 e. The van der Waals surface area contributed by atoms with Crippen molar-refractivity contribution in [3.63, 3.8) is 0 Å². The summed E-state index contributed by atoms with van der Waals surface area (Å²) in [6.07, 6.45) is -14.4. The molecule has 125 heavy (non-hydrogen) atoms. The van der Waals surface area contributed by atoms with E-state index in [2.05, 4.69) is 97.0 Å². The Kier molecular flexibility index (Phi) is 30.6. The van der Waals surface area contributed by atoms with Crippen LogP contribution < -0.4 is 46.7 Å². The van der Waals surface area contributed by atoms with Crippen molar-refractivity contribution in [1.29, 1.82) is 5.26 Å². The third-order valence-corrected chi connectivity index (χ3v) is 22.3. The second-order valence-electron chi connectivity index (χ2n) is 33.1. The van der Waals surface area contributed by atoms with Crippen LogP contribution in [0.15, 0.2) is 98.2 Å². The van der Waals surface area contributed by atoms with Gasteiger partial charge in [-0.2, -0.15) is 86.1 Å². The van der Waals surface area contributed by atoms with Crippen LogP contribution in [0.3, 0.4) is 0 Å². The number of hydrogen-bond donors (Lipinski definition) is 10. The molecule has 26 nitrogen and oxygen atoms in total. The first kappa shape index (κ1) is 98.0. The minimum absolute atomic E-state index is 0.0327. The number of nitriles is 1. The minimum Gasteiger partial charge on any atom is -0.477 e. The molecule has 12 rings (SSSR count). The summed E-state index contributed by atoms with van der Waals surface area (Å²) in [7, 11) is 1.57. The average molecular weight is 1790 g/mol. The Morgan fingerprint density at radius 3 is 1.20 bits per heavy atom. The van der Waals surface area contributed by atoms with Crippen LogP contribution in [0.1, 0.15) is 176 Å². The van der Waals surface area contributed by atoms with Crippen LogP contribution in [0.5, 0.6) is 11.8 Å². The number of nitrogens with zero attached hydrogens (tertiary/aromatic N) is 13. The Balaban J connectivity index is 0.000000189. The SMILES string of the molecule is CC(C)(F)c1ncccc1CNc1ncc(C(F)(F)F)c(N[C@@H]2C[C@H](O)C2(C)C)n1.CC1(C)[C@@H](O)C[C@H]1Nc1nc(NCc2cccnc2OCCC(F)(F)F)ncc1C#N.CC1(C)[C@@H](O)C[C@H]1Nc1nc(NCc2cccnc2OCCC(F)(F)F)ncc1C(F)(F)F.COC1CC(Nc2nc(CCc3cnccc3C(C)(F)F)ncc2C(F)(F)F)C1(C)C. The van der Waals surface area contributed by atoms with E-state index in [0.717, 1.165) is 13.1 Å². The molecule has 682 valence electrons. The fourth-order valence-electron chi connectivity index (χ4n) is 13.6. The first-order valence-electron chi connectivity index (χ1n) is 39.2. The summed E-state index contributed by atoms with van der Waals surface area (Å²) in [5.41, 5.74) is -4.55. The Labute approximate surface area is 707 Å². The maximum absolute atomic E-state index is 14.4. The lowest BCUT2D eigenvalue weighted by Crippen LogP contribution is -2.58. The van der Waals surface area contributed by atoms with Crippen molar-refractivity contribution >= 4 is 41.1 Å². The number of halogens is 18. The molecule has 8 heterocycles. The molecule has 0 radical (unpaired) electrons. The molecule has 10 N–H and O–H groups in total. The normalized spacial score (nSPS) is 20.5. The number of pyridine rings is 4. The van der Waals surface area contributed by atoms with E-state index in [0.29, 0.717) is 59.7 Å². The van der Waals surface area contributed by atoms with Crippen LogP contribution in [-0.2, 0) is 67.3 Å². The number of nitrogens with one attached hydrogen (secondary N) is 7. The Morgan fingerprint density at radius 2 is 0.816 bits per heavy atom. The van der Waals surface area contributed by atoms with Gasteiger partial charge in [-0.25, -0.2) is 48.1 Å². The van der Waals surface area contributed by atoms with Crippen LogP contribution in [0.4, 0.5) is 120 Å². The predicted octanol–water partition coefficient (Wildman–Crippen LogP) is 17.0. The van der Waals surface area contributed by atoms with Gasteiger partial charge in [-0.05, 0) is 81.3 Å². The Morgan fingerprint density at radius 1 is 0.432 bits per heavy atom. The maximum atomic E-state index is 14.4. The molecule has 0 saturated heterocycles. The van der Waals surface area contributed by atoms with Gasteiger partial charge < -0.3 is 66.7 Å². The highest BCUT2D eigenvalue weighted by Crippen LogP contribution is 2.49. The summed E-state index contributed by atoms with van der Waals surface area (Å²) in [4.78, 5) is 47.6. The van der Waals surface area contributed by atoms with E-state index in [4.69, 9.17) is 14.2 Å². The summed E-state index contributed by atoms with van der Waals surface area (Å²) in [5.74, 6) is -3.56. The summed E-state index contributed by atoms with van der Waals surface area (Å²) in [6, 6.07) is 11.9. The molecular weight excluding hydrogens is 1690 g/mol. The van der Waals surface area contributed by atoms with Crippen molar-refractivity contribution in [2.75, 3.05) is 57.5 Å². The average Bonchev–Trinajstić information content (AvgIpc) is 0.769. The van der Waals surface area contributed by atoms with Crippen molar-refractivity contribution in [1.82, 2.24) is 59.8 Å². The lowest BCUT2D eigenvalue weighted by Gasteiger charge is -2.51. The molecule has 44 heteroatoms. The third kappa shape index (κ3) is 25.7. The Bertz CT molecular complexity index is 4990.